The smallest absolute Gasteiger partial charge is 0.238 e. The Morgan fingerprint density at radius 1 is 1.67 bits per heavy atom. The van der Waals surface area contributed by atoms with Crippen molar-refractivity contribution in [3.63, 3.8) is 0 Å². The lowest BCUT2D eigenvalue weighted by Crippen LogP contribution is -2.40. The standard InChI is InChI=1S/C8H14N2O2/c1-3-7-6-8(12)10(4-5-11)9(7)2/h5,7H,3-4,6H2,1-2H3. The maximum atomic E-state index is 11.3. The first kappa shape index (κ1) is 9.19. The average molecular weight is 170 g/mol. The maximum absolute atomic E-state index is 11.3. The van der Waals surface area contributed by atoms with Gasteiger partial charge in [-0.3, -0.25) is 9.80 Å². The van der Waals surface area contributed by atoms with E-state index >= 15 is 0 Å². The quantitative estimate of drug-likeness (QED) is 0.562. The van der Waals surface area contributed by atoms with Gasteiger partial charge in [-0.15, -0.1) is 0 Å². The summed E-state index contributed by atoms with van der Waals surface area (Å²) in [7, 11) is 1.85. The Morgan fingerprint density at radius 2 is 2.33 bits per heavy atom. The Morgan fingerprint density at radius 3 is 2.75 bits per heavy atom. The minimum atomic E-state index is 0.0523. The lowest BCUT2D eigenvalue weighted by atomic mass is 10.2. The SMILES string of the molecule is CCC1CC(=O)N(CC=O)N1C. The molecule has 0 aromatic heterocycles. The van der Waals surface area contributed by atoms with Crippen molar-refractivity contribution in [1.82, 2.24) is 10.0 Å². The van der Waals surface area contributed by atoms with Crippen LogP contribution in [0.15, 0.2) is 0 Å². The molecule has 0 spiro atoms. The van der Waals surface area contributed by atoms with E-state index in [-0.39, 0.29) is 18.5 Å². The highest BCUT2D eigenvalue weighted by Crippen LogP contribution is 2.18. The Bertz CT molecular complexity index is 193. The van der Waals surface area contributed by atoms with Gasteiger partial charge < -0.3 is 4.79 Å². The van der Waals surface area contributed by atoms with Gasteiger partial charge in [0.15, 0.2) is 0 Å². The van der Waals surface area contributed by atoms with Gasteiger partial charge in [-0.1, -0.05) is 6.92 Å². The second-order valence-electron chi connectivity index (χ2n) is 2.98. The van der Waals surface area contributed by atoms with Crippen LogP contribution in [0.1, 0.15) is 19.8 Å². The molecule has 12 heavy (non-hydrogen) atoms. The molecule has 0 N–H and O–H groups in total. The number of amides is 1. The van der Waals surface area contributed by atoms with Crippen LogP contribution in [0.4, 0.5) is 0 Å². The number of hydrazine groups is 1. The molecule has 1 fully saturated rings. The van der Waals surface area contributed by atoms with Crippen LogP contribution in [0.25, 0.3) is 0 Å². The normalized spacial score (nSPS) is 25.0. The highest BCUT2D eigenvalue weighted by molar-refractivity contribution is 5.80. The third-order valence-electron chi connectivity index (χ3n) is 2.33. The molecule has 1 atom stereocenters. The molecule has 1 aliphatic heterocycles. The minimum absolute atomic E-state index is 0.0523. The van der Waals surface area contributed by atoms with E-state index in [0.717, 1.165) is 12.7 Å². The van der Waals surface area contributed by atoms with E-state index in [2.05, 4.69) is 0 Å². The van der Waals surface area contributed by atoms with Crippen molar-refractivity contribution in [2.45, 2.75) is 25.8 Å². The molecule has 1 aliphatic rings. The number of aldehydes is 1. The summed E-state index contributed by atoms with van der Waals surface area (Å²) >= 11 is 0. The highest BCUT2D eigenvalue weighted by atomic mass is 16.2. The summed E-state index contributed by atoms with van der Waals surface area (Å²) in [5, 5.41) is 3.36. The largest absolute Gasteiger partial charge is 0.301 e. The van der Waals surface area contributed by atoms with Crippen molar-refractivity contribution >= 4 is 12.2 Å². The van der Waals surface area contributed by atoms with Gasteiger partial charge in [0.2, 0.25) is 5.91 Å². The predicted octanol–water partition coefficient (Wildman–Crippen LogP) is 0.0430. The van der Waals surface area contributed by atoms with E-state index in [0.29, 0.717) is 6.42 Å². The Balaban J connectivity index is 2.63. The summed E-state index contributed by atoms with van der Waals surface area (Å²) in [6, 6.07) is 0.275. The summed E-state index contributed by atoms with van der Waals surface area (Å²) in [5.41, 5.74) is 0. The molecule has 0 saturated carbocycles. The van der Waals surface area contributed by atoms with Crippen molar-refractivity contribution in [2.24, 2.45) is 0 Å². The number of carbonyl (C=O) groups is 2. The van der Waals surface area contributed by atoms with Gasteiger partial charge >= 0.3 is 0 Å². The molecule has 0 aromatic carbocycles. The monoisotopic (exact) mass is 170 g/mol. The molecule has 1 amide bonds. The van der Waals surface area contributed by atoms with Crippen LogP contribution >= 0.6 is 0 Å². The van der Waals surface area contributed by atoms with E-state index < -0.39 is 0 Å². The van der Waals surface area contributed by atoms with Crippen molar-refractivity contribution in [3.8, 4) is 0 Å². The van der Waals surface area contributed by atoms with E-state index in [1.807, 2.05) is 19.0 Å². The molecule has 0 radical (unpaired) electrons. The van der Waals surface area contributed by atoms with Gasteiger partial charge in [0.1, 0.15) is 6.29 Å². The number of rotatable bonds is 3. The van der Waals surface area contributed by atoms with Crippen LogP contribution in [0.3, 0.4) is 0 Å². The third kappa shape index (κ3) is 1.48. The van der Waals surface area contributed by atoms with Gasteiger partial charge in [-0.05, 0) is 6.42 Å². The van der Waals surface area contributed by atoms with Gasteiger partial charge in [-0.2, -0.15) is 0 Å². The van der Waals surface area contributed by atoms with E-state index in [1.54, 1.807) is 0 Å². The fraction of sp³-hybridized carbons (Fsp3) is 0.750. The zero-order chi connectivity index (χ0) is 9.14. The first-order chi connectivity index (χ1) is 5.70. The summed E-state index contributed by atoms with van der Waals surface area (Å²) < 4.78 is 0. The van der Waals surface area contributed by atoms with Crippen LogP contribution in [0.2, 0.25) is 0 Å². The maximum Gasteiger partial charge on any atom is 0.238 e. The number of hydrogen-bond acceptors (Lipinski definition) is 3. The van der Waals surface area contributed by atoms with E-state index in [1.165, 1.54) is 5.01 Å². The second-order valence-corrected chi connectivity index (χ2v) is 2.98. The first-order valence-corrected chi connectivity index (χ1v) is 4.17. The fourth-order valence-corrected chi connectivity index (χ4v) is 1.52. The topological polar surface area (TPSA) is 40.6 Å². The van der Waals surface area contributed by atoms with Crippen LogP contribution < -0.4 is 0 Å². The number of nitrogens with zero attached hydrogens (tertiary/aromatic N) is 2. The van der Waals surface area contributed by atoms with Gasteiger partial charge in [0, 0.05) is 19.5 Å². The molecular formula is C8H14N2O2. The zero-order valence-corrected chi connectivity index (χ0v) is 7.49. The Kier molecular flexibility index (Phi) is 2.81. The number of hydrogen-bond donors (Lipinski definition) is 0. The Hall–Kier alpha value is -0.900. The van der Waals surface area contributed by atoms with Crippen molar-refractivity contribution in [3.05, 3.63) is 0 Å². The molecular weight excluding hydrogens is 156 g/mol. The molecule has 0 bridgehead atoms. The zero-order valence-electron chi connectivity index (χ0n) is 7.49. The van der Waals surface area contributed by atoms with E-state index in [9.17, 15) is 9.59 Å². The van der Waals surface area contributed by atoms with Gasteiger partial charge in [0.05, 0.1) is 6.54 Å². The van der Waals surface area contributed by atoms with Crippen molar-refractivity contribution < 1.29 is 9.59 Å². The molecule has 0 aliphatic carbocycles. The second kappa shape index (κ2) is 3.67. The first-order valence-electron chi connectivity index (χ1n) is 4.17. The summed E-state index contributed by atoms with van der Waals surface area (Å²) in [6.45, 7) is 2.23. The van der Waals surface area contributed by atoms with Crippen LogP contribution in [0.5, 0.6) is 0 Å². The Labute approximate surface area is 72.1 Å². The minimum Gasteiger partial charge on any atom is -0.301 e. The predicted molar refractivity (Wildman–Crippen MR) is 44.2 cm³/mol. The van der Waals surface area contributed by atoms with Crippen LogP contribution in [-0.2, 0) is 9.59 Å². The average Bonchev–Trinajstić information content (AvgIpc) is 2.32. The summed E-state index contributed by atoms with van der Waals surface area (Å²) in [5.74, 6) is 0.0523. The summed E-state index contributed by atoms with van der Waals surface area (Å²) in [4.78, 5) is 21.5. The summed E-state index contributed by atoms with van der Waals surface area (Å²) in [6.07, 6.45) is 2.24. The van der Waals surface area contributed by atoms with Crippen molar-refractivity contribution in [1.29, 1.82) is 0 Å². The fourth-order valence-electron chi connectivity index (χ4n) is 1.52. The van der Waals surface area contributed by atoms with Crippen LogP contribution in [-0.4, -0.2) is 41.8 Å². The van der Waals surface area contributed by atoms with Gasteiger partial charge in [-0.25, -0.2) is 5.01 Å². The third-order valence-corrected chi connectivity index (χ3v) is 2.33. The molecule has 1 unspecified atom stereocenters. The molecule has 68 valence electrons. The molecule has 1 rings (SSSR count). The molecule has 1 saturated heterocycles. The van der Waals surface area contributed by atoms with Crippen LogP contribution in [0, 0.1) is 0 Å². The highest BCUT2D eigenvalue weighted by Gasteiger charge is 2.33. The van der Waals surface area contributed by atoms with E-state index in [4.69, 9.17) is 0 Å². The molecule has 4 heteroatoms. The van der Waals surface area contributed by atoms with Gasteiger partial charge in [0.25, 0.3) is 0 Å². The lowest BCUT2D eigenvalue weighted by Gasteiger charge is -2.25. The molecule has 0 aromatic rings. The molecule has 4 nitrogen and oxygen atoms in total. The lowest BCUT2D eigenvalue weighted by molar-refractivity contribution is -0.139. The van der Waals surface area contributed by atoms with Crippen molar-refractivity contribution in [2.75, 3.05) is 13.6 Å². The molecule has 1 heterocycles. The number of carbonyl (C=O) groups excluding carboxylic acids is 2.